The van der Waals surface area contributed by atoms with Gasteiger partial charge in [0.25, 0.3) is 5.67 Å². The second-order valence-corrected chi connectivity index (χ2v) is 15.9. The largest absolute Gasteiger partial charge is 0.457 e. The molecule has 1 amide bonds. The van der Waals surface area contributed by atoms with Crippen LogP contribution < -0.4 is 0 Å². The summed E-state index contributed by atoms with van der Waals surface area (Å²) in [6.45, 7) is 15.0. The van der Waals surface area contributed by atoms with Crippen molar-refractivity contribution in [3.05, 3.63) is 0 Å². The highest BCUT2D eigenvalue weighted by Gasteiger charge is 2.56. The number of nitrogens with zero attached hydrogens (tertiary/aromatic N) is 2. The molecule has 1 N–H and O–H groups in total. The molecule has 0 radical (unpaired) electrons. The summed E-state index contributed by atoms with van der Waals surface area (Å²) in [7, 11) is 3.64. The fraction of sp³-hybridized carbons (Fsp3) is 0.842. The van der Waals surface area contributed by atoms with E-state index in [2.05, 4.69) is 4.99 Å². The van der Waals surface area contributed by atoms with Crippen LogP contribution in [0, 0.1) is 23.7 Å². The van der Waals surface area contributed by atoms with Crippen LogP contribution in [-0.4, -0.2) is 119 Å². The first-order valence-corrected chi connectivity index (χ1v) is 18.6. The Bertz CT molecular complexity index is 1370. The number of ether oxygens (including phenoxy) is 5. The summed E-state index contributed by atoms with van der Waals surface area (Å²) in [5.74, 6) is -7.39. The third-order valence-corrected chi connectivity index (χ3v) is 11.3. The minimum atomic E-state index is -3.19. The number of fused-ring (bicyclic) bond motifs is 5. The van der Waals surface area contributed by atoms with Crippen molar-refractivity contribution in [3.8, 4) is 0 Å². The lowest BCUT2D eigenvalue weighted by Crippen LogP contribution is -2.61. The number of aliphatic imine (C=N–C) groups is 1. The number of aliphatic hydroxyl groups is 1. The van der Waals surface area contributed by atoms with E-state index in [1.54, 1.807) is 27.7 Å². The number of hydrogen-bond acceptors (Lipinski definition) is 12. The number of amides is 1. The van der Waals surface area contributed by atoms with Crippen LogP contribution in [0.15, 0.2) is 4.99 Å². The Kier molecular flexibility index (Phi) is 14.5. The average Bonchev–Trinajstić information content (AvgIpc) is 3.07. The fourth-order valence-corrected chi connectivity index (χ4v) is 8.39. The van der Waals surface area contributed by atoms with E-state index in [4.69, 9.17) is 23.7 Å². The standard InChI is InChI=1S/C38H61FN2O11/c1-13-28-38(10,47)26-16-15-25(43)19-48-36(8,18-20(3)30(22(26)5)40-29(44)14-2)33(23(6)32(45)37(9,39)35(46)51-28)52-34-31(50-24(7)42)27(41(11)12)17-21(4)49-34/h20-23,26-28,31,33-34,47H,13-19H2,1-12H3/b40-30+/t20-,21-,22-,23?,26-,27+,28-,31-,33-,34+,36-,37+,38+/m1/s1. The Morgan fingerprint density at radius 1 is 1.06 bits per heavy atom. The van der Waals surface area contributed by atoms with E-state index in [9.17, 15) is 29.1 Å². The minimum Gasteiger partial charge on any atom is -0.457 e. The molecule has 296 valence electrons. The first-order valence-electron chi connectivity index (χ1n) is 18.6. The molecule has 3 aliphatic rings. The molecule has 3 aliphatic heterocycles. The molecule has 13 nitrogen and oxygen atoms in total. The van der Waals surface area contributed by atoms with Crippen LogP contribution >= 0.6 is 0 Å². The van der Waals surface area contributed by atoms with Crippen molar-refractivity contribution in [1.82, 2.24) is 4.90 Å². The Morgan fingerprint density at radius 2 is 1.69 bits per heavy atom. The number of likely N-dealkylation sites (N-methyl/N-ethyl adjacent to an activating group) is 1. The minimum absolute atomic E-state index is 0.0138. The van der Waals surface area contributed by atoms with E-state index < -0.39 is 101 Å². The number of carbonyl (C=O) groups is 5. The Morgan fingerprint density at radius 3 is 2.25 bits per heavy atom. The van der Waals surface area contributed by atoms with Crippen molar-refractivity contribution < 1.29 is 57.2 Å². The molecule has 52 heavy (non-hydrogen) atoms. The van der Waals surface area contributed by atoms with E-state index in [-0.39, 0.29) is 43.9 Å². The predicted molar refractivity (Wildman–Crippen MR) is 189 cm³/mol. The molecular formula is C38H61FN2O11. The maximum atomic E-state index is 16.7. The van der Waals surface area contributed by atoms with E-state index in [1.165, 1.54) is 20.8 Å². The zero-order chi connectivity index (χ0) is 39.5. The second kappa shape index (κ2) is 17.2. The molecule has 0 aromatic rings. The monoisotopic (exact) mass is 740 g/mol. The molecule has 3 saturated heterocycles. The smallest absolute Gasteiger partial charge is 0.351 e. The fourth-order valence-electron chi connectivity index (χ4n) is 8.39. The van der Waals surface area contributed by atoms with Crippen LogP contribution in [0.4, 0.5) is 4.39 Å². The van der Waals surface area contributed by atoms with Gasteiger partial charge in [0.1, 0.15) is 18.3 Å². The van der Waals surface area contributed by atoms with Gasteiger partial charge in [-0.1, -0.05) is 34.6 Å². The van der Waals surface area contributed by atoms with Gasteiger partial charge < -0.3 is 33.7 Å². The number of alkyl halides is 1. The van der Waals surface area contributed by atoms with Crippen molar-refractivity contribution in [1.29, 1.82) is 0 Å². The number of cyclic esters (lactones) is 1. The van der Waals surface area contributed by atoms with Gasteiger partial charge in [-0.3, -0.25) is 19.2 Å². The van der Waals surface area contributed by atoms with Crippen molar-refractivity contribution in [2.45, 2.75) is 161 Å². The summed E-state index contributed by atoms with van der Waals surface area (Å²) in [4.78, 5) is 73.3. The van der Waals surface area contributed by atoms with Gasteiger partial charge in [-0.15, -0.1) is 0 Å². The van der Waals surface area contributed by atoms with Gasteiger partial charge >= 0.3 is 11.9 Å². The first kappa shape index (κ1) is 43.8. The van der Waals surface area contributed by atoms with Crippen LogP contribution in [0.3, 0.4) is 0 Å². The Hall–Kier alpha value is -2.65. The third-order valence-electron chi connectivity index (χ3n) is 11.3. The van der Waals surface area contributed by atoms with Gasteiger partial charge in [-0.25, -0.2) is 14.2 Å². The zero-order valence-corrected chi connectivity index (χ0v) is 33.0. The van der Waals surface area contributed by atoms with Crippen LogP contribution in [0.2, 0.25) is 0 Å². The predicted octanol–water partition coefficient (Wildman–Crippen LogP) is 4.18. The van der Waals surface area contributed by atoms with Gasteiger partial charge in [0.2, 0.25) is 5.91 Å². The molecule has 0 aromatic heterocycles. The molecule has 3 fully saturated rings. The van der Waals surface area contributed by atoms with Gasteiger partial charge in [0, 0.05) is 37.3 Å². The van der Waals surface area contributed by atoms with Crippen LogP contribution in [0.5, 0.6) is 0 Å². The summed E-state index contributed by atoms with van der Waals surface area (Å²) in [6.07, 6.45) is -4.63. The number of Topliss-reactive ketones (excluding diaryl/α,β-unsaturated/α-hetero) is 2. The van der Waals surface area contributed by atoms with Crippen molar-refractivity contribution in [2.24, 2.45) is 28.7 Å². The lowest BCUT2D eigenvalue weighted by Gasteiger charge is -2.48. The van der Waals surface area contributed by atoms with Gasteiger partial charge in [-0.2, -0.15) is 0 Å². The normalized spacial score (nSPS) is 42.2. The van der Waals surface area contributed by atoms with Gasteiger partial charge in [-0.05, 0) is 79.3 Å². The number of ketones is 2. The van der Waals surface area contributed by atoms with E-state index in [0.717, 1.165) is 6.92 Å². The number of hydrogen-bond donors (Lipinski definition) is 1. The van der Waals surface area contributed by atoms with Crippen molar-refractivity contribution >= 4 is 35.1 Å². The third kappa shape index (κ3) is 9.52. The Labute approximate surface area is 307 Å². The number of halogens is 1. The number of carbonyl (C=O) groups excluding carboxylic acids is 5. The number of esters is 2. The lowest BCUT2D eigenvalue weighted by molar-refractivity contribution is -0.299. The first-order chi connectivity index (χ1) is 24.0. The Balaban J connectivity index is 2.37. The molecule has 1 unspecified atom stereocenters. The molecule has 2 bridgehead atoms. The second-order valence-electron chi connectivity index (χ2n) is 15.9. The summed E-state index contributed by atoms with van der Waals surface area (Å²) < 4.78 is 47.6. The number of rotatable bonds is 6. The summed E-state index contributed by atoms with van der Waals surface area (Å²) in [5.41, 5.74) is -6.18. The molecule has 3 heterocycles. The molecule has 3 rings (SSSR count). The van der Waals surface area contributed by atoms with Crippen LogP contribution in [0.25, 0.3) is 0 Å². The van der Waals surface area contributed by atoms with Crippen LogP contribution in [-0.2, 0) is 47.7 Å². The molecule has 0 saturated carbocycles. The van der Waals surface area contributed by atoms with Crippen LogP contribution in [0.1, 0.15) is 108 Å². The average molecular weight is 741 g/mol. The summed E-state index contributed by atoms with van der Waals surface area (Å²) in [5, 5.41) is 12.2. The molecule has 13 atom stereocenters. The van der Waals surface area contributed by atoms with E-state index >= 15 is 4.39 Å². The van der Waals surface area contributed by atoms with Gasteiger partial charge in [0.15, 0.2) is 24.0 Å². The molecule has 14 heteroatoms. The maximum absolute atomic E-state index is 16.7. The molecule has 0 spiro atoms. The molecular weight excluding hydrogens is 679 g/mol. The molecule has 0 aromatic carbocycles. The molecule has 0 aliphatic carbocycles. The topological polar surface area (TPSA) is 167 Å². The highest BCUT2D eigenvalue weighted by molar-refractivity contribution is 6.08. The van der Waals surface area contributed by atoms with Crippen molar-refractivity contribution in [3.63, 3.8) is 0 Å². The zero-order valence-electron chi connectivity index (χ0n) is 33.0. The highest BCUT2D eigenvalue weighted by atomic mass is 19.1. The summed E-state index contributed by atoms with van der Waals surface area (Å²) in [6, 6.07) is -0.374. The van der Waals surface area contributed by atoms with E-state index in [1.807, 2.05) is 32.8 Å². The van der Waals surface area contributed by atoms with E-state index in [0.29, 0.717) is 12.1 Å². The SMILES string of the molecule is CCC(=O)/N=C1\[C@H](C)C[C@@]2(C)OCC(=O)CC[C@H]([C@H]1C)[C@](C)(O)[C@@H](CC)OC(=O)[C@@](C)(F)C(=O)C(C)[C@H]2O[C@@H]1O[C@H](C)C[C@H](N(C)C)[C@H]1OC(C)=O. The van der Waals surface area contributed by atoms with Gasteiger partial charge in [0.05, 0.1) is 23.9 Å². The highest BCUT2D eigenvalue weighted by Crippen LogP contribution is 2.43. The lowest BCUT2D eigenvalue weighted by atomic mass is 9.68. The maximum Gasteiger partial charge on any atom is 0.351 e. The quantitative estimate of drug-likeness (QED) is 0.305. The van der Waals surface area contributed by atoms with Crippen molar-refractivity contribution in [2.75, 3.05) is 20.7 Å². The summed E-state index contributed by atoms with van der Waals surface area (Å²) >= 11 is 0.